The summed E-state index contributed by atoms with van der Waals surface area (Å²) in [7, 11) is 0. The number of nitrogens with zero attached hydrogens (tertiary/aromatic N) is 1. The van der Waals surface area contributed by atoms with Gasteiger partial charge >= 0.3 is 10.8 Å². The van der Waals surface area contributed by atoms with Crippen LogP contribution in [0.1, 0.15) is 22.8 Å². The molecule has 1 aromatic heterocycles. The lowest BCUT2D eigenvalue weighted by Gasteiger charge is -2.43. The number of nitrogens with one attached hydrogen (secondary N) is 1. The Labute approximate surface area is 189 Å². The quantitative estimate of drug-likeness (QED) is 0.659. The number of aliphatic carboxylic acids is 1. The highest BCUT2D eigenvalue weighted by Crippen LogP contribution is 2.68. The first-order valence-corrected chi connectivity index (χ1v) is 12.1. The molecule has 0 radical (unpaired) electrons. The van der Waals surface area contributed by atoms with E-state index in [4.69, 9.17) is 16.7 Å². The van der Waals surface area contributed by atoms with E-state index in [1.807, 2.05) is 24.3 Å². The molecular weight excluding hydrogens is 460 g/mol. The maximum atomic E-state index is 13.1. The van der Waals surface area contributed by atoms with Gasteiger partial charge in [-0.1, -0.05) is 35.1 Å². The van der Waals surface area contributed by atoms with Gasteiger partial charge in [-0.2, -0.15) is 0 Å². The fourth-order valence-electron chi connectivity index (χ4n) is 6.41. The molecule has 0 spiro atoms. The second-order valence-corrected chi connectivity index (χ2v) is 11.3. The molecule has 3 heterocycles. The zero-order valence-electron chi connectivity index (χ0n) is 16.0. The number of carbonyl (C=O) groups is 3. The number of carboxylic acids is 1. The van der Waals surface area contributed by atoms with E-state index in [2.05, 4.69) is 4.98 Å². The maximum Gasteiger partial charge on any atom is 0.323 e. The van der Waals surface area contributed by atoms with Gasteiger partial charge in [0.1, 0.15) is 6.54 Å². The SMILES string of the molecule is O=C(O)CN1C(=O)[C@@H]2[C@@H]3C[C@@H]([C@H]4Sc5[nH]c(=O)sc5[C@H](c5ccc(Cl)cc5)[C@@H]34)[C@@H]2C1=O. The Balaban J connectivity index is 1.45. The minimum atomic E-state index is -1.18. The number of imide groups is 1. The van der Waals surface area contributed by atoms with Crippen molar-refractivity contribution in [1.82, 2.24) is 9.88 Å². The number of aromatic nitrogens is 1. The zero-order chi connectivity index (χ0) is 21.6. The van der Waals surface area contributed by atoms with Crippen LogP contribution in [0.15, 0.2) is 34.1 Å². The molecule has 1 aromatic carbocycles. The Morgan fingerprint density at radius 2 is 1.81 bits per heavy atom. The van der Waals surface area contributed by atoms with Crippen LogP contribution in [0.5, 0.6) is 0 Å². The number of hydrogen-bond acceptors (Lipinski definition) is 6. The standard InChI is InChI=1S/C21H17ClN2O5S2/c22-8-3-1-7(2-4-8)12-13-9-5-10(16(13)30-18-17(12)31-21(29)23-18)15-14(9)19(27)24(20(15)28)6-11(25)26/h1-4,9-10,12-16H,5-6H2,(H,23,29)(H,25,26)/t9-,10-,12-,13-,14-,15+,16-/m1/s1. The highest BCUT2D eigenvalue weighted by Gasteiger charge is 2.69. The van der Waals surface area contributed by atoms with Crippen LogP contribution in [0.3, 0.4) is 0 Å². The monoisotopic (exact) mass is 476 g/mol. The first kappa shape index (κ1) is 19.6. The predicted molar refractivity (Wildman–Crippen MR) is 114 cm³/mol. The van der Waals surface area contributed by atoms with Gasteiger partial charge in [0.05, 0.1) is 16.9 Å². The average molecular weight is 477 g/mol. The molecule has 0 unspecified atom stereocenters. The van der Waals surface area contributed by atoms with Crippen LogP contribution in [0.2, 0.25) is 5.02 Å². The first-order chi connectivity index (χ1) is 14.8. The van der Waals surface area contributed by atoms with Crippen molar-refractivity contribution < 1.29 is 19.5 Å². The van der Waals surface area contributed by atoms with Crippen molar-refractivity contribution in [2.24, 2.45) is 29.6 Å². The van der Waals surface area contributed by atoms with E-state index in [1.54, 1.807) is 11.8 Å². The summed E-state index contributed by atoms with van der Waals surface area (Å²) < 4.78 is 0. The highest BCUT2D eigenvalue weighted by molar-refractivity contribution is 8.00. The topological polar surface area (TPSA) is 108 Å². The van der Waals surface area contributed by atoms with Crippen molar-refractivity contribution in [3.8, 4) is 0 Å². The third-order valence-electron chi connectivity index (χ3n) is 7.34. The van der Waals surface area contributed by atoms with Crippen molar-refractivity contribution in [1.29, 1.82) is 0 Å². The highest BCUT2D eigenvalue weighted by atomic mass is 35.5. The molecule has 2 bridgehead atoms. The van der Waals surface area contributed by atoms with Crippen LogP contribution in [0.4, 0.5) is 0 Å². The number of amides is 2. The lowest BCUT2D eigenvalue weighted by atomic mass is 9.68. The Kier molecular flexibility index (Phi) is 4.23. The molecule has 2 aliphatic heterocycles. The second-order valence-electron chi connectivity index (χ2n) is 8.67. The van der Waals surface area contributed by atoms with Crippen molar-refractivity contribution in [3.63, 3.8) is 0 Å². The van der Waals surface area contributed by atoms with Gasteiger partial charge in [0.2, 0.25) is 11.8 Å². The number of carboxylic acid groups (broad SMARTS) is 1. The van der Waals surface area contributed by atoms with E-state index in [0.29, 0.717) is 5.02 Å². The summed E-state index contributed by atoms with van der Waals surface area (Å²) in [5.74, 6) is -2.80. The summed E-state index contributed by atoms with van der Waals surface area (Å²) in [6, 6.07) is 7.60. The van der Waals surface area contributed by atoms with Gasteiger partial charge in [-0.05, 0) is 41.9 Å². The number of aromatic amines is 1. The number of benzene rings is 1. The summed E-state index contributed by atoms with van der Waals surface area (Å²) in [5, 5.41) is 10.7. The largest absolute Gasteiger partial charge is 0.480 e. The molecule has 160 valence electrons. The minimum Gasteiger partial charge on any atom is -0.480 e. The summed E-state index contributed by atoms with van der Waals surface area (Å²) in [6.45, 7) is -0.576. The fourth-order valence-corrected chi connectivity index (χ4v) is 9.43. The van der Waals surface area contributed by atoms with E-state index in [1.165, 1.54) is 11.3 Å². The molecule has 10 heteroatoms. The fraction of sp³-hybridized carbons (Fsp3) is 0.429. The van der Waals surface area contributed by atoms with Crippen molar-refractivity contribution >= 4 is 52.5 Å². The molecular formula is C21H17ClN2O5S2. The number of likely N-dealkylation sites (tertiary alicyclic amines) is 1. The molecule has 31 heavy (non-hydrogen) atoms. The van der Waals surface area contributed by atoms with E-state index in [9.17, 15) is 19.2 Å². The van der Waals surface area contributed by atoms with Gasteiger partial charge in [-0.15, -0.1) is 11.8 Å². The number of rotatable bonds is 3. The van der Waals surface area contributed by atoms with E-state index in [0.717, 1.165) is 26.8 Å². The van der Waals surface area contributed by atoms with Crippen LogP contribution in [-0.2, 0) is 14.4 Å². The number of H-pyrrole nitrogens is 1. The number of halogens is 1. The smallest absolute Gasteiger partial charge is 0.323 e. The maximum absolute atomic E-state index is 13.1. The lowest BCUT2D eigenvalue weighted by Crippen LogP contribution is -2.42. The van der Waals surface area contributed by atoms with Crippen LogP contribution in [0.25, 0.3) is 0 Å². The molecule has 4 aliphatic rings. The third-order valence-corrected chi connectivity index (χ3v) is 10.2. The summed E-state index contributed by atoms with van der Waals surface area (Å²) in [5.41, 5.74) is 1.04. The lowest BCUT2D eigenvalue weighted by molar-refractivity contribution is -0.149. The molecule has 2 amide bonds. The van der Waals surface area contributed by atoms with Gasteiger partial charge in [0.15, 0.2) is 0 Å². The van der Waals surface area contributed by atoms with Crippen molar-refractivity contribution in [2.75, 3.05) is 6.54 Å². The third kappa shape index (κ3) is 2.66. The van der Waals surface area contributed by atoms with Crippen molar-refractivity contribution in [2.45, 2.75) is 22.6 Å². The average Bonchev–Trinajstić information content (AvgIpc) is 3.44. The molecule has 2 aliphatic carbocycles. The van der Waals surface area contributed by atoms with Crippen LogP contribution in [0, 0.1) is 29.6 Å². The predicted octanol–water partition coefficient (Wildman–Crippen LogP) is 2.65. The second kappa shape index (κ2) is 6.70. The number of thioether (sulfide) groups is 1. The number of fused-ring (bicyclic) bond motifs is 9. The number of hydrogen-bond donors (Lipinski definition) is 2. The van der Waals surface area contributed by atoms with Crippen LogP contribution in [-0.4, -0.2) is 44.6 Å². The Bertz CT molecular complexity index is 1190. The number of carbonyl (C=O) groups excluding carboxylic acids is 2. The van der Waals surface area contributed by atoms with E-state index >= 15 is 0 Å². The van der Waals surface area contributed by atoms with Crippen LogP contribution >= 0.6 is 34.7 Å². The molecule has 7 nitrogen and oxygen atoms in total. The van der Waals surface area contributed by atoms with Crippen molar-refractivity contribution in [3.05, 3.63) is 49.4 Å². The zero-order valence-corrected chi connectivity index (χ0v) is 18.4. The number of thiazole rings is 1. The van der Waals surface area contributed by atoms with E-state index < -0.39 is 24.3 Å². The molecule has 7 atom stereocenters. The Morgan fingerprint density at radius 3 is 2.48 bits per heavy atom. The summed E-state index contributed by atoms with van der Waals surface area (Å²) in [6.07, 6.45) is 0.777. The van der Waals surface area contributed by atoms with Gasteiger partial charge in [-0.25, -0.2) is 0 Å². The summed E-state index contributed by atoms with van der Waals surface area (Å²) in [4.78, 5) is 54.3. The first-order valence-electron chi connectivity index (χ1n) is 10.1. The Morgan fingerprint density at radius 1 is 1.13 bits per heavy atom. The minimum absolute atomic E-state index is 0.00778. The molecule has 2 saturated carbocycles. The Hall–Kier alpha value is -2.10. The molecule has 3 fully saturated rings. The molecule has 1 saturated heterocycles. The molecule has 6 rings (SSSR count). The molecule has 2 aromatic rings. The van der Waals surface area contributed by atoms with Gasteiger partial charge in [-0.3, -0.25) is 24.1 Å². The van der Waals surface area contributed by atoms with Gasteiger partial charge < -0.3 is 10.1 Å². The van der Waals surface area contributed by atoms with Gasteiger partial charge in [0, 0.05) is 21.1 Å². The van der Waals surface area contributed by atoms with Gasteiger partial charge in [0.25, 0.3) is 0 Å². The summed E-state index contributed by atoms with van der Waals surface area (Å²) >= 11 is 8.92. The molecule has 2 N–H and O–H groups in total. The normalized spacial score (nSPS) is 35.3. The van der Waals surface area contributed by atoms with E-state index in [-0.39, 0.29) is 45.6 Å². The van der Waals surface area contributed by atoms with Crippen LogP contribution < -0.4 is 4.87 Å².